The summed E-state index contributed by atoms with van der Waals surface area (Å²) in [5.41, 5.74) is 1.02. The standard InChI is InChI=1S/C18H17N5OS2/c1-12(2)16-19-15(24-22-16)11-26-18-21-20-17(14-9-6-10-25-14)23(18)13-7-4-3-5-8-13/h3-10,12H,11H2,1-2H3. The zero-order chi connectivity index (χ0) is 17.9. The summed E-state index contributed by atoms with van der Waals surface area (Å²) in [5.74, 6) is 2.95. The summed E-state index contributed by atoms with van der Waals surface area (Å²) in [6, 6.07) is 14.2. The number of nitrogens with zero attached hydrogens (tertiary/aromatic N) is 5. The number of aromatic nitrogens is 5. The SMILES string of the molecule is CC(C)c1noc(CSc2nnc(-c3cccs3)n2-c2ccccc2)n1. The topological polar surface area (TPSA) is 69.6 Å². The monoisotopic (exact) mass is 383 g/mol. The molecule has 0 unspecified atom stereocenters. The minimum absolute atomic E-state index is 0.246. The molecule has 3 heterocycles. The molecule has 0 aliphatic heterocycles. The molecular weight excluding hydrogens is 366 g/mol. The molecule has 4 rings (SSSR count). The first-order chi connectivity index (χ1) is 12.7. The minimum atomic E-state index is 0.246. The molecule has 0 fully saturated rings. The van der Waals surface area contributed by atoms with Gasteiger partial charge in [-0.2, -0.15) is 4.98 Å². The molecular formula is C18H17N5OS2. The molecule has 0 spiro atoms. The maximum absolute atomic E-state index is 5.33. The van der Waals surface area contributed by atoms with Gasteiger partial charge in [0.2, 0.25) is 5.89 Å². The largest absolute Gasteiger partial charge is 0.338 e. The van der Waals surface area contributed by atoms with Gasteiger partial charge in [-0.15, -0.1) is 21.5 Å². The van der Waals surface area contributed by atoms with Crippen LogP contribution in [0.1, 0.15) is 31.5 Å². The van der Waals surface area contributed by atoms with E-state index in [2.05, 4.69) is 31.0 Å². The Bertz CT molecular complexity index is 976. The lowest BCUT2D eigenvalue weighted by atomic mass is 10.2. The summed E-state index contributed by atoms with van der Waals surface area (Å²) in [6.45, 7) is 4.09. The van der Waals surface area contributed by atoms with Crippen LogP contribution < -0.4 is 0 Å². The predicted octanol–water partition coefficient (Wildman–Crippen LogP) is 4.79. The van der Waals surface area contributed by atoms with E-state index in [1.54, 1.807) is 11.3 Å². The molecule has 0 atom stereocenters. The van der Waals surface area contributed by atoms with Gasteiger partial charge in [0.1, 0.15) is 0 Å². The second-order valence-corrected chi connectivity index (χ2v) is 7.83. The molecule has 8 heteroatoms. The van der Waals surface area contributed by atoms with E-state index in [-0.39, 0.29) is 5.92 Å². The Kier molecular flexibility index (Phi) is 4.85. The van der Waals surface area contributed by atoms with Crippen LogP contribution >= 0.6 is 23.1 Å². The van der Waals surface area contributed by atoms with Crippen LogP contribution in [-0.4, -0.2) is 24.9 Å². The van der Waals surface area contributed by atoms with Gasteiger partial charge in [-0.25, -0.2) is 0 Å². The normalized spacial score (nSPS) is 11.3. The lowest BCUT2D eigenvalue weighted by Gasteiger charge is -2.08. The van der Waals surface area contributed by atoms with Crippen molar-refractivity contribution in [3.05, 3.63) is 59.6 Å². The summed E-state index contributed by atoms with van der Waals surface area (Å²) in [4.78, 5) is 5.51. The summed E-state index contributed by atoms with van der Waals surface area (Å²) in [5, 5.41) is 15.7. The van der Waals surface area contributed by atoms with Crippen molar-refractivity contribution >= 4 is 23.1 Å². The second-order valence-electron chi connectivity index (χ2n) is 5.94. The first-order valence-corrected chi connectivity index (χ1v) is 10.1. The summed E-state index contributed by atoms with van der Waals surface area (Å²) in [6.07, 6.45) is 0. The van der Waals surface area contributed by atoms with Crippen molar-refractivity contribution < 1.29 is 4.52 Å². The van der Waals surface area contributed by atoms with E-state index in [1.807, 2.05) is 55.6 Å². The fourth-order valence-corrected chi connectivity index (χ4v) is 3.91. The zero-order valence-corrected chi connectivity index (χ0v) is 16.0. The van der Waals surface area contributed by atoms with E-state index >= 15 is 0 Å². The summed E-state index contributed by atoms with van der Waals surface area (Å²) < 4.78 is 7.40. The van der Waals surface area contributed by atoms with Gasteiger partial charge in [0.05, 0.1) is 10.6 Å². The first kappa shape index (κ1) is 17.0. The van der Waals surface area contributed by atoms with Crippen molar-refractivity contribution in [2.24, 2.45) is 0 Å². The van der Waals surface area contributed by atoms with Gasteiger partial charge in [-0.1, -0.05) is 55.0 Å². The third-order valence-corrected chi connectivity index (χ3v) is 5.49. The molecule has 6 nitrogen and oxygen atoms in total. The van der Waals surface area contributed by atoms with Crippen LogP contribution in [0.5, 0.6) is 0 Å². The number of benzene rings is 1. The van der Waals surface area contributed by atoms with Crippen molar-refractivity contribution in [2.45, 2.75) is 30.7 Å². The molecule has 0 aliphatic carbocycles. The maximum Gasteiger partial charge on any atom is 0.237 e. The highest BCUT2D eigenvalue weighted by Crippen LogP contribution is 2.31. The predicted molar refractivity (Wildman–Crippen MR) is 103 cm³/mol. The van der Waals surface area contributed by atoms with Gasteiger partial charge < -0.3 is 4.52 Å². The molecule has 0 aliphatic rings. The summed E-state index contributed by atoms with van der Waals surface area (Å²) >= 11 is 3.18. The van der Waals surface area contributed by atoms with E-state index in [0.717, 1.165) is 27.4 Å². The van der Waals surface area contributed by atoms with Crippen molar-refractivity contribution in [2.75, 3.05) is 0 Å². The Morgan fingerprint density at radius 2 is 1.96 bits per heavy atom. The van der Waals surface area contributed by atoms with Gasteiger partial charge in [-0.3, -0.25) is 4.57 Å². The average Bonchev–Trinajstić information content (AvgIpc) is 3.39. The van der Waals surface area contributed by atoms with Crippen LogP contribution in [0.25, 0.3) is 16.4 Å². The minimum Gasteiger partial charge on any atom is -0.338 e. The van der Waals surface area contributed by atoms with Gasteiger partial charge >= 0.3 is 0 Å². The molecule has 1 aromatic carbocycles. The molecule has 0 bridgehead atoms. The number of hydrogen-bond donors (Lipinski definition) is 0. The first-order valence-electron chi connectivity index (χ1n) is 8.22. The average molecular weight is 384 g/mol. The lowest BCUT2D eigenvalue weighted by Crippen LogP contribution is -1.99. The molecule has 0 amide bonds. The lowest BCUT2D eigenvalue weighted by molar-refractivity contribution is 0.382. The number of thioether (sulfide) groups is 1. The third-order valence-electron chi connectivity index (χ3n) is 3.71. The number of hydrogen-bond acceptors (Lipinski definition) is 7. The van der Waals surface area contributed by atoms with E-state index in [0.29, 0.717) is 11.6 Å². The van der Waals surface area contributed by atoms with Gasteiger partial charge in [0, 0.05) is 11.6 Å². The van der Waals surface area contributed by atoms with Gasteiger partial charge in [0.25, 0.3) is 0 Å². The molecule has 3 aromatic heterocycles. The van der Waals surface area contributed by atoms with E-state index < -0.39 is 0 Å². The molecule has 4 aromatic rings. The van der Waals surface area contributed by atoms with Crippen LogP contribution in [0.2, 0.25) is 0 Å². The quantitative estimate of drug-likeness (QED) is 0.446. The van der Waals surface area contributed by atoms with Crippen molar-refractivity contribution in [1.29, 1.82) is 0 Å². The zero-order valence-electron chi connectivity index (χ0n) is 14.4. The number of rotatable bonds is 6. The van der Waals surface area contributed by atoms with E-state index in [4.69, 9.17) is 4.52 Å². The van der Waals surface area contributed by atoms with Crippen molar-refractivity contribution in [3.8, 4) is 16.4 Å². The highest BCUT2D eigenvalue weighted by atomic mass is 32.2. The fraction of sp³-hybridized carbons (Fsp3) is 0.222. The van der Waals surface area contributed by atoms with E-state index in [1.165, 1.54) is 11.8 Å². The Morgan fingerprint density at radius 1 is 1.12 bits per heavy atom. The Morgan fingerprint density at radius 3 is 2.65 bits per heavy atom. The molecule has 0 saturated heterocycles. The molecule has 132 valence electrons. The highest BCUT2D eigenvalue weighted by Gasteiger charge is 2.18. The molecule has 26 heavy (non-hydrogen) atoms. The Labute approximate surface area is 159 Å². The van der Waals surface area contributed by atoms with Crippen LogP contribution in [-0.2, 0) is 5.75 Å². The van der Waals surface area contributed by atoms with Crippen LogP contribution in [0, 0.1) is 0 Å². The van der Waals surface area contributed by atoms with Crippen LogP contribution in [0.15, 0.2) is 57.5 Å². The highest BCUT2D eigenvalue weighted by molar-refractivity contribution is 7.98. The van der Waals surface area contributed by atoms with Crippen molar-refractivity contribution in [3.63, 3.8) is 0 Å². The fourth-order valence-electron chi connectivity index (χ4n) is 2.43. The smallest absolute Gasteiger partial charge is 0.237 e. The summed E-state index contributed by atoms with van der Waals surface area (Å²) in [7, 11) is 0. The number of para-hydroxylation sites is 1. The third kappa shape index (κ3) is 3.42. The van der Waals surface area contributed by atoms with Gasteiger partial charge in [-0.05, 0) is 23.6 Å². The number of thiophene rings is 1. The molecule has 0 radical (unpaired) electrons. The second kappa shape index (κ2) is 7.43. The molecule has 0 saturated carbocycles. The molecule has 0 N–H and O–H groups in total. The Balaban J connectivity index is 1.65. The van der Waals surface area contributed by atoms with E-state index in [9.17, 15) is 0 Å². The Hall–Kier alpha value is -2.45. The van der Waals surface area contributed by atoms with Crippen molar-refractivity contribution in [1.82, 2.24) is 24.9 Å². The van der Waals surface area contributed by atoms with Gasteiger partial charge in [0.15, 0.2) is 16.8 Å². The van der Waals surface area contributed by atoms with Crippen LogP contribution in [0.3, 0.4) is 0 Å². The van der Waals surface area contributed by atoms with Crippen LogP contribution in [0.4, 0.5) is 0 Å². The maximum atomic E-state index is 5.33.